The van der Waals surface area contributed by atoms with Crippen LogP contribution in [0.25, 0.3) is 21.7 Å². The van der Waals surface area contributed by atoms with Crippen LogP contribution in [0.3, 0.4) is 0 Å². The summed E-state index contributed by atoms with van der Waals surface area (Å²) < 4.78 is 5.94. The minimum Gasteiger partial charge on any atom is -0.481 e. The van der Waals surface area contributed by atoms with E-state index in [1.165, 1.54) is 0 Å². The van der Waals surface area contributed by atoms with Crippen molar-refractivity contribution in [3.8, 4) is 0 Å². The Morgan fingerprint density at radius 2 is 1.96 bits per heavy atom. The van der Waals surface area contributed by atoms with Gasteiger partial charge in [-0.05, 0) is 18.7 Å². The number of nitrogens with zero attached hydrogens (tertiary/aromatic N) is 1. The van der Waals surface area contributed by atoms with E-state index in [9.17, 15) is 9.59 Å². The number of aryl methyl sites for hydroxylation is 1. The van der Waals surface area contributed by atoms with Crippen LogP contribution in [0.5, 0.6) is 0 Å². The Kier molecular flexibility index (Phi) is 3.30. The third kappa shape index (κ3) is 2.16. The van der Waals surface area contributed by atoms with Gasteiger partial charge in [0.25, 0.3) is 5.91 Å². The van der Waals surface area contributed by atoms with E-state index in [-0.39, 0.29) is 12.5 Å². The van der Waals surface area contributed by atoms with E-state index in [1.807, 2.05) is 43.3 Å². The molecule has 1 unspecified atom stereocenters. The van der Waals surface area contributed by atoms with Crippen LogP contribution in [0.2, 0.25) is 0 Å². The minimum atomic E-state index is -0.849. The summed E-state index contributed by atoms with van der Waals surface area (Å²) in [6, 6.07) is 11.9. The average Bonchev–Trinajstić information content (AvgIpc) is 3.20. The summed E-state index contributed by atoms with van der Waals surface area (Å²) in [6.07, 6.45) is 0.489. The lowest BCUT2D eigenvalue weighted by molar-refractivity contribution is -0.141. The summed E-state index contributed by atoms with van der Waals surface area (Å²) >= 11 is 0. The molecule has 1 atom stereocenters. The van der Waals surface area contributed by atoms with Crippen molar-refractivity contribution in [1.29, 1.82) is 0 Å². The number of benzene rings is 2. The summed E-state index contributed by atoms with van der Waals surface area (Å²) in [5.41, 5.74) is 1.52. The number of hydrogen-bond acceptors (Lipinski definition) is 3. The standard InChI is InChI=1S/C19H17NO4/c1-11-14-7-6-12-4-2-3-5-15(12)17(14)24-16(11)18(21)20-9-8-13(10-20)19(22)23/h2-7,13H,8-10H2,1H3,(H,22,23). The number of fused-ring (bicyclic) bond motifs is 3. The molecule has 2 aromatic carbocycles. The van der Waals surface area contributed by atoms with Crippen molar-refractivity contribution in [2.45, 2.75) is 13.3 Å². The van der Waals surface area contributed by atoms with Crippen molar-refractivity contribution in [1.82, 2.24) is 4.90 Å². The molecule has 1 saturated heterocycles. The normalized spacial score (nSPS) is 17.7. The van der Waals surface area contributed by atoms with E-state index in [2.05, 4.69) is 0 Å². The second-order valence-corrected chi connectivity index (χ2v) is 6.29. The van der Waals surface area contributed by atoms with Gasteiger partial charge in [0.15, 0.2) is 5.76 Å². The maximum absolute atomic E-state index is 12.8. The lowest BCUT2D eigenvalue weighted by atomic mass is 10.1. The van der Waals surface area contributed by atoms with Gasteiger partial charge in [0, 0.05) is 29.4 Å². The monoisotopic (exact) mass is 323 g/mol. The first kappa shape index (κ1) is 14.8. The highest BCUT2D eigenvalue weighted by molar-refractivity contribution is 6.09. The molecule has 1 aliphatic rings. The van der Waals surface area contributed by atoms with Gasteiger partial charge in [-0.2, -0.15) is 0 Å². The molecule has 1 aromatic heterocycles. The molecule has 1 N–H and O–H groups in total. The molecule has 5 nitrogen and oxygen atoms in total. The van der Waals surface area contributed by atoms with Gasteiger partial charge in [-0.3, -0.25) is 9.59 Å². The number of likely N-dealkylation sites (tertiary alicyclic amines) is 1. The highest BCUT2D eigenvalue weighted by Crippen LogP contribution is 2.33. The molecule has 4 rings (SSSR count). The Hall–Kier alpha value is -2.82. The van der Waals surface area contributed by atoms with Gasteiger partial charge in [0.05, 0.1) is 5.92 Å². The van der Waals surface area contributed by atoms with Crippen LogP contribution in [-0.4, -0.2) is 35.0 Å². The molecule has 0 bridgehead atoms. The molecule has 5 heteroatoms. The fourth-order valence-corrected chi connectivity index (χ4v) is 3.44. The van der Waals surface area contributed by atoms with Gasteiger partial charge in [0.1, 0.15) is 5.58 Å². The topological polar surface area (TPSA) is 70.8 Å². The molecule has 0 spiro atoms. The van der Waals surface area contributed by atoms with Crippen molar-refractivity contribution in [2.24, 2.45) is 5.92 Å². The number of carbonyl (C=O) groups is 2. The molecule has 3 aromatic rings. The fourth-order valence-electron chi connectivity index (χ4n) is 3.44. The molecule has 0 aliphatic carbocycles. The lowest BCUT2D eigenvalue weighted by Crippen LogP contribution is -2.30. The molecule has 0 radical (unpaired) electrons. The molecule has 122 valence electrons. The van der Waals surface area contributed by atoms with Crippen molar-refractivity contribution in [3.05, 3.63) is 47.7 Å². The molecule has 24 heavy (non-hydrogen) atoms. The van der Waals surface area contributed by atoms with Crippen LogP contribution in [0, 0.1) is 12.8 Å². The molecule has 1 aliphatic heterocycles. The molecular formula is C19H17NO4. The SMILES string of the molecule is Cc1c(C(=O)N2CCC(C(=O)O)C2)oc2c1ccc1ccccc12. The molecular weight excluding hydrogens is 306 g/mol. The summed E-state index contributed by atoms with van der Waals surface area (Å²) in [6.45, 7) is 2.57. The van der Waals surface area contributed by atoms with Crippen molar-refractivity contribution >= 4 is 33.6 Å². The quantitative estimate of drug-likeness (QED) is 0.784. The van der Waals surface area contributed by atoms with Crippen LogP contribution in [-0.2, 0) is 4.79 Å². The van der Waals surface area contributed by atoms with E-state index in [0.717, 1.165) is 21.7 Å². The zero-order chi connectivity index (χ0) is 16.8. The predicted molar refractivity (Wildman–Crippen MR) is 90.1 cm³/mol. The number of rotatable bonds is 2. The first-order valence-corrected chi connectivity index (χ1v) is 7.99. The second-order valence-electron chi connectivity index (χ2n) is 6.29. The minimum absolute atomic E-state index is 0.225. The van der Waals surface area contributed by atoms with E-state index in [1.54, 1.807) is 4.90 Å². The predicted octanol–water partition coefficient (Wildman–Crippen LogP) is 3.44. The van der Waals surface area contributed by atoms with Crippen molar-refractivity contribution < 1.29 is 19.1 Å². The third-order valence-corrected chi connectivity index (χ3v) is 4.85. The zero-order valence-corrected chi connectivity index (χ0v) is 13.3. The van der Waals surface area contributed by atoms with Gasteiger partial charge in [-0.15, -0.1) is 0 Å². The Morgan fingerprint density at radius 1 is 1.17 bits per heavy atom. The number of carboxylic acid groups (broad SMARTS) is 1. The number of amides is 1. The fraction of sp³-hybridized carbons (Fsp3) is 0.263. The maximum atomic E-state index is 12.8. The van der Waals surface area contributed by atoms with Gasteiger partial charge in [0.2, 0.25) is 0 Å². The molecule has 1 amide bonds. The first-order chi connectivity index (χ1) is 11.6. The molecule has 0 saturated carbocycles. The Morgan fingerprint density at radius 3 is 2.71 bits per heavy atom. The van der Waals surface area contributed by atoms with Gasteiger partial charge in [-0.25, -0.2) is 0 Å². The highest BCUT2D eigenvalue weighted by Gasteiger charge is 2.33. The van der Waals surface area contributed by atoms with Crippen molar-refractivity contribution in [3.63, 3.8) is 0 Å². The summed E-state index contributed by atoms with van der Waals surface area (Å²) in [7, 11) is 0. The number of hydrogen-bond donors (Lipinski definition) is 1. The molecule has 2 heterocycles. The van der Waals surface area contributed by atoms with Crippen LogP contribution >= 0.6 is 0 Å². The number of aliphatic carboxylic acids is 1. The Labute approximate surface area is 138 Å². The van der Waals surface area contributed by atoms with E-state index in [0.29, 0.717) is 24.3 Å². The van der Waals surface area contributed by atoms with E-state index in [4.69, 9.17) is 9.52 Å². The largest absolute Gasteiger partial charge is 0.481 e. The molecule has 1 fully saturated rings. The van der Waals surface area contributed by atoms with Gasteiger partial charge >= 0.3 is 5.97 Å². The Balaban J connectivity index is 1.77. The van der Waals surface area contributed by atoms with E-state index >= 15 is 0 Å². The smallest absolute Gasteiger partial charge is 0.308 e. The van der Waals surface area contributed by atoms with E-state index < -0.39 is 11.9 Å². The van der Waals surface area contributed by atoms with Crippen LogP contribution < -0.4 is 0 Å². The van der Waals surface area contributed by atoms with Crippen molar-refractivity contribution in [2.75, 3.05) is 13.1 Å². The van der Waals surface area contributed by atoms with Gasteiger partial charge in [-0.1, -0.05) is 36.4 Å². The van der Waals surface area contributed by atoms with Gasteiger partial charge < -0.3 is 14.4 Å². The summed E-state index contributed by atoms with van der Waals surface area (Å²) in [5, 5.41) is 12.1. The lowest BCUT2D eigenvalue weighted by Gasteiger charge is -2.14. The first-order valence-electron chi connectivity index (χ1n) is 7.99. The zero-order valence-electron chi connectivity index (χ0n) is 13.3. The number of carboxylic acids is 1. The summed E-state index contributed by atoms with van der Waals surface area (Å²) in [4.78, 5) is 25.5. The average molecular weight is 323 g/mol. The maximum Gasteiger partial charge on any atom is 0.308 e. The third-order valence-electron chi connectivity index (χ3n) is 4.85. The second kappa shape index (κ2) is 5.37. The van der Waals surface area contributed by atoms with Crippen LogP contribution in [0.15, 0.2) is 40.8 Å². The number of carbonyl (C=O) groups excluding carboxylic acids is 1. The van der Waals surface area contributed by atoms with Crippen LogP contribution in [0.1, 0.15) is 22.5 Å². The Bertz CT molecular complexity index is 972. The highest BCUT2D eigenvalue weighted by atomic mass is 16.4. The summed E-state index contributed by atoms with van der Waals surface area (Å²) in [5.74, 6) is -1.25. The number of furan rings is 1. The van der Waals surface area contributed by atoms with Crippen LogP contribution in [0.4, 0.5) is 0 Å².